The van der Waals surface area contributed by atoms with E-state index in [1.165, 1.54) is 0 Å². The van der Waals surface area contributed by atoms with Crippen LogP contribution < -0.4 is 9.47 Å². The number of rotatable bonds is 8. The molecule has 1 atom stereocenters. The average Bonchev–Trinajstić information content (AvgIpc) is 3.09. The minimum absolute atomic E-state index is 0.127. The maximum Gasteiger partial charge on any atom is 0.295 e. The van der Waals surface area contributed by atoms with Gasteiger partial charge in [-0.2, -0.15) is 0 Å². The molecule has 2 aliphatic rings. The van der Waals surface area contributed by atoms with E-state index in [1.54, 1.807) is 11.0 Å². The molecule has 1 amide bonds. The Hall–Kier alpha value is -3.28. The predicted molar refractivity (Wildman–Crippen MR) is 126 cm³/mol. The molecule has 0 spiro atoms. The fourth-order valence-electron chi connectivity index (χ4n) is 4.59. The Morgan fingerprint density at radius 2 is 2.00 bits per heavy atom. The van der Waals surface area contributed by atoms with Gasteiger partial charge in [0, 0.05) is 12.1 Å². The first-order valence-corrected chi connectivity index (χ1v) is 11.8. The number of aryl methyl sites for hydroxylation is 1. The lowest BCUT2D eigenvalue weighted by Crippen LogP contribution is -2.30. The number of ether oxygens (including phenoxy) is 2. The minimum atomic E-state index is -0.658. The summed E-state index contributed by atoms with van der Waals surface area (Å²) in [5.74, 6) is 0.107. The standard InChI is InChI=1S/C27H31NO5/c1-3-5-6-14-28-24(19-9-7-11-21(17-19)32-4-2)23(26(30)27(28)31)25(29)20-12-13-22-18(16-20)10-8-15-33-22/h7,9,11-13,16-17,24,29H,3-6,8,10,14-15H2,1-2H3/b25-23-. The van der Waals surface area contributed by atoms with Crippen molar-refractivity contribution in [2.45, 2.75) is 52.0 Å². The van der Waals surface area contributed by atoms with Crippen LogP contribution in [0.2, 0.25) is 0 Å². The summed E-state index contributed by atoms with van der Waals surface area (Å²) >= 11 is 0. The largest absolute Gasteiger partial charge is 0.507 e. The van der Waals surface area contributed by atoms with Gasteiger partial charge in [-0.05, 0) is 67.6 Å². The normalized spacial score (nSPS) is 19.3. The average molecular weight is 450 g/mol. The van der Waals surface area contributed by atoms with E-state index in [0.717, 1.165) is 49.0 Å². The molecule has 6 nitrogen and oxygen atoms in total. The van der Waals surface area contributed by atoms with Crippen LogP contribution in [0.15, 0.2) is 48.0 Å². The summed E-state index contributed by atoms with van der Waals surface area (Å²) in [6.45, 7) is 5.64. The Bertz CT molecular complexity index is 1070. The van der Waals surface area contributed by atoms with Crippen molar-refractivity contribution >= 4 is 17.4 Å². The van der Waals surface area contributed by atoms with Crippen molar-refractivity contribution in [2.24, 2.45) is 0 Å². The summed E-state index contributed by atoms with van der Waals surface area (Å²) in [6.07, 6.45) is 4.51. The first kappa shape index (κ1) is 22.9. The summed E-state index contributed by atoms with van der Waals surface area (Å²) in [5.41, 5.74) is 2.40. The zero-order valence-corrected chi connectivity index (χ0v) is 19.3. The van der Waals surface area contributed by atoms with Gasteiger partial charge in [-0.1, -0.05) is 31.9 Å². The molecule has 2 aromatic carbocycles. The van der Waals surface area contributed by atoms with Crippen LogP contribution in [0.3, 0.4) is 0 Å². The molecule has 2 aliphatic heterocycles. The number of ketones is 1. The second kappa shape index (κ2) is 10.1. The first-order chi connectivity index (χ1) is 16.0. The molecular formula is C27H31NO5. The lowest BCUT2D eigenvalue weighted by molar-refractivity contribution is -0.139. The van der Waals surface area contributed by atoms with Crippen molar-refractivity contribution < 1.29 is 24.2 Å². The summed E-state index contributed by atoms with van der Waals surface area (Å²) in [4.78, 5) is 27.8. The van der Waals surface area contributed by atoms with Crippen LogP contribution >= 0.6 is 0 Å². The lowest BCUT2D eigenvalue weighted by Gasteiger charge is -2.26. The highest BCUT2D eigenvalue weighted by atomic mass is 16.5. The van der Waals surface area contributed by atoms with Gasteiger partial charge in [0.15, 0.2) is 0 Å². The van der Waals surface area contributed by atoms with Gasteiger partial charge in [0.1, 0.15) is 17.3 Å². The number of benzene rings is 2. The maximum absolute atomic E-state index is 13.2. The van der Waals surface area contributed by atoms with Crippen molar-refractivity contribution in [2.75, 3.05) is 19.8 Å². The molecule has 0 radical (unpaired) electrons. The molecule has 4 rings (SSSR count). The zero-order chi connectivity index (χ0) is 23.4. The SMILES string of the molecule is CCCCCN1C(=O)C(=O)/C(=C(\O)c2ccc3c(c2)CCCO3)C1c1cccc(OCC)c1. The number of carbonyl (C=O) groups is 2. The Labute approximate surface area is 194 Å². The molecule has 0 aliphatic carbocycles. The zero-order valence-electron chi connectivity index (χ0n) is 19.3. The van der Waals surface area contributed by atoms with E-state index in [2.05, 4.69) is 6.92 Å². The number of aliphatic hydroxyl groups is 1. The topological polar surface area (TPSA) is 76.1 Å². The van der Waals surface area contributed by atoms with Gasteiger partial charge in [-0.15, -0.1) is 0 Å². The monoisotopic (exact) mass is 449 g/mol. The van der Waals surface area contributed by atoms with Crippen molar-refractivity contribution in [3.05, 3.63) is 64.7 Å². The smallest absolute Gasteiger partial charge is 0.295 e. The number of hydrogen-bond acceptors (Lipinski definition) is 5. The van der Waals surface area contributed by atoms with E-state index < -0.39 is 17.7 Å². The van der Waals surface area contributed by atoms with E-state index >= 15 is 0 Å². The van der Waals surface area contributed by atoms with Gasteiger partial charge >= 0.3 is 0 Å². The van der Waals surface area contributed by atoms with Crippen molar-refractivity contribution in [3.8, 4) is 11.5 Å². The third kappa shape index (κ3) is 4.61. The molecule has 174 valence electrons. The Kier molecular flexibility index (Phi) is 7.02. The fraction of sp³-hybridized carbons (Fsp3) is 0.407. The molecule has 1 saturated heterocycles. The molecule has 2 heterocycles. The fourth-order valence-corrected chi connectivity index (χ4v) is 4.59. The first-order valence-electron chi connectivity index (χ1n) is 11.8. The van der Waals surface area contributed by atoms with Gasteiger partial charge in [-0.3, -0.25) is 9.59 Å². The molecule has 1 unspecified atom stereocenters. The van der Waals surface area contributed by atoms with E-state index in [9.17, 15) is 14.7 Å². The van der Waals surface area contributed by atoms with Crippen molar-refractivity contribution in [1.29, 1.82) is 0 Å². The summed E-state index contributed by atoms with van der Waals surface area (Å²) in [5, 5.41) is 11.3. The number of carbonyl (C=O) groups excluding carboxylic acids is 2. The second-order valence-corrected chi connectivity index (χ2v) is 8.48. The lowest BCUT2D eigenvalue weighted by atomic mass is 9.94. The van der Waals surface area contributed by atoms with E-state index in [1.807, 2.05) is 43.3 Å². The summed E-state index contributed by atoms with van der Waals surface area (Å²) in [6, 6.07) is 12.2. The third-order valence-electron chi connectivity index (χ3n) is 6.21. The molecule has 0 aromatic heterocycles. The highest BCUT2D eigenvalue weighted by molar-refractivity contribution is 6.46. The molecule has 1 N–H and O–H groups in total. The van der Waals surface area contributed by atoms with Gasteiger partial charge in [0.05, 0.1) is 24.8 Å². The number of nitrogens with zero attached hydrogens (tertiary/aromatic N) is 1. The Morgan fingerprint density at radius 1 is 1.15 bits per heavy atom. The van der Waals surface area contributed by atoms with Crippen LogP contribution in [0, 0.1) is 0 Å². The molecule has 2 aromatic rings. The number of likely N-dealkylation sites (tertiary alicyclic amines) is 1. The summed E-state index contributed by atoms with van der Waals surface area (Å²) in [7, 11) is 0. The van der Waals surface area contributed by atoms with E-state index in [4.69, 9.17) is 9.47 Å². The van der Waals surface area contributed by atoms with Crippen LogP contribution in [0.4, 0.5) is 0 Å². The number of Topliss-reactive ketones (excluding diaryl/α,β-unsaturated/α-hetero) is 1. The third-order valence-corrected chi connectivity index (χ3v) is 6.21. The van der Waals surface area contributed by atoms with Crippen LogP contribution in [-0.2, 0) is 16.0 Å². The molecule has 33 heavy (non-hydrogen) atoms. The van der Waals surface area contributed by atoms with Gasteiger partial charge in [-0.25, -0.2) is 0 Å². The predicted octanol–water partition coefficient (Wildman–Crippen LogP) is 5.02. The molecular weight excluding hydrogens is 418 g/mol. The van der Waals surface area contributed by atoms with E-state index in [-0.39, 0.29) is 11.3 Å². The number of unbranched alkanes of at least 4 members (excludes halogenated alkanes) is 2. The van der Waals surface area contributed by atoms with Gasteiger partial charge in [0.2, 0.25) is 0 Å². The van der Waals surface area contributed by atoms with Gasteiger partial charge in [0.25, 0.3) is 11.7 Å². The van der Waals surface area contributed by atoms with Crippen molar-refractivity contribution in [1.82, 2.24) is 4.90 Å². The van der Waals surface area contributed by atoms with Crippen LogP contribution in [0.5, 0.6) is 11.5 Å². The van der Waals surface area contributed by atoms with Gasteiger partial charge < -0.3 is 19.5 Å². The van der Waals surface area contributed by atoms with Crippen LogP contribution in [0.25, 0.3) is 5.76 Å². The number of amides is 1. The van der Waals surface area contributed by atoms with E-state index in [0.29, 0.717) is 31.1 Å². The van der Waals surface area contributed by atoms with Crippen LogP contribution in [0.1, 0.15) is 62.3 Å². The highest BCUT2D eigenvalue weighted by Crippen LogP contribution is 2.41. The quantitative estimate of drug-likeness (QED) is 0.265. The Morgan fingerprint density at radius 3 is 2.79 bits per heavy atom. The maximum atomic E-state index is 13.2. The molecule has 0 bridgehead atoms. The van der Waals surface area contributed by atoms with Crippen molar-refractivity contribution in [3.63, 3.8) is 0 Å². The highest BCUT2D eigenvalue weighted by Gasteiger charge is 2.45. The minimum Gasteiger partial charge on any atom is -0.507 e. The molecule has 6 heteroatoms. The molecule has 1 fully saturated rings. The number of fused-ring (bicyclic) bond motifs is 1. The number of hydrogen-bond donors (Lipinski definition) is 1. The summed E-state index contributed by atoms with van der Waals surface area (Å²) < 4.78 is 11.3. The second-order valence-electron chi connectivity index (χ2n) is 8.48. The Balaban J connectivity index is 1.80. The molecule has 0 saturated carbocycles. The number of aliphatic hydroxyl groups excluding tert-OH is 1. The van der Waals surface area contributed by atoms with Crippen LogP contribution in [-0.4, -0.2) is 41.5 Å².